The standard InChI is InChI=1S/C13H18O/c1-4-10-5-6-11-9(3)13(14)8(2)7-12(10)11/h7,10,14H,4-6H2,1-3H3. The van der Waals surface area contributed by atoms with E-state index in [2.05, 4.69) is 13.0 Å². The summed E-state index contributed by atoms with van der Waals surface area (Å²) in [5, 5.41) is 9.83. The molecule has 1 atom stereocenters. The Bertz CT molecular complexity index is 366. The van der Waals surface area contributed by atoms with Crippen LogP contribution in [0.1, 0.15) is 47.9 Å². The van der Waals surface area contributed by atoms with Crippen molar-refractivity contribution in [3.8, 4) is 5.75 Å². The van der Waals surface area contributed by atoms with Gasteiger partial charge >= 0.3 is 0 Å². The number of benzene rings is 1. The van der Waals surface area contributed by atoms with Gasteiger partial charge in [-0.05, 0) is 61.3 Å². The molecular formula is C13H18O. The lowest BCUT2D eigenvalue weighted by Crippen LogP contribution is -1.94. The monoisotopic (exact) mass is 190 g/mol. The highest BCUT2D eigenvalue weighted by Crippen LogP contribution is 2.41. The summed E-state index contributed by atoms with van der Waals surface area (Å²) in [5.74, 6) is 1.23. The van der Waals surface area contributed by atoms with Crippen molar-refractivity contribution in [2.75, 3.05) is 0 Å². The molecule has 0 bridgehead atoms. The zero-order valence-corrected chi connectivity index (χ0v) is 9.22. The molecule has 1 aliphatic carbocycles. The van der Waals surface area contributed by atoms with Crippen LogP contribution in [0.2, 0.25) is 0 Å². The van der Waals surface area contributed by atoms with Gasteiger partial charge in [-0.2, -0.15) is 0 Å². The van der Waals surface area contributed by atoms with Gasteiger partial charge in [0.25, 0.3) is 0 Å². The summed E-state index contributed by atoms with van der Waals surface area (Å²) < 4.78 is 0. The fourth-order valence-electron chi connectivity index (χ4n) is 2.64. The molecule has 0 heterocycles. The third kappa shape index (κ3) is 1.23. The number of phenols is 1. The highest BCUT2D eigenvalue weighted by molar-refractivity contribution is 5.51. The van der Waals surface area contributed by atoms with E-state index in [1.807, 2.05) is 13.8 Å². The van der Waals surface area contributed by atoms with E-state index in [1.54, 1.807) is 0 Å². The van der Waals surface area contributed by atoms with Crippen molar-refractivity contribution < 1.29 is 5.11 Å². The van der Waals surface area contributed by atoms with Gasteiger partial charge in [0.15, 0.2) is 0 Å². The minimum absolute atomic E-state index is 0.500. The number of fused-ring (bicyclic) bond motifs is 1. The molecule has 0 saturated carbocycles. The third-order valence-electron chi connectivity index (χ3n) is 3.58. The molecule has 0 saturated heterocycles. The molecule has 1 aliphatic rings. The van der Waals surface area contributed by atoms with Crippen LogP contribution in [-0.2, 0) is 6.42 Å². The molecule has 0 aliphatic heterocycles. The van der Waals surface area contributed by atoms with Gasteiger partial charge in [0.2, 0.25) is 0 Å². The molecule has 0 fully saturated rings. The first-order valence-corrected chi connectivity index (χ1v) is 5.47. The Kier molecular flexibility index (Phi) is 2.26. The van der Waals surface area contributed by atoms with E-state index < -0.39 is 0 Å². The summed E-state index contributed by atoms with van der Waals surface area (Å²) in [6.45, 7) is 6.28. The summed E-state index contributed by atoms with van der Waals surface area (Å²) in [4.78, 5) is 0. The molecule has 1 heteroatoms. The van der Waals surface area contributed by atoms with Crippen molar-refractivity contribution in [2.24, 2.45) is 0 Å². The number of aryl methyl sites for hydroxylation is 1. The molecule has 14 heavy (non-hydrogen) atoms. The molecule has 1 N–H and O–H groups in total. The van der Waals surface area contributed by atoms with Crippen LogP contribution in [0, 0.1) is 13.8 Å². The van der Waals surface area contributed by atoms with Crippen LogP contribution >= 0.6 is 0 Å². The Balaban J connectivity index is 2.58. The average Bonchev–Trinajstić information content (AvgIpc) is 2.57. The van der Waals surface area contributed by atoms with E-state index in [9.17, 15) is 5.11 Å². The molecule has 0 radical (unpaired) electrons. The van der Waals surface area contributed by atoms with Gasteiger partial charge in [0, 0.05) is 0 Å². The van der Waals surface area contributed by atoms with E-state index in [-0.39, 0.29) is 0 Å². The first-order valence-electron chi connectivity index (χ1n) is 5.47. The van der Waals surface area contributed by atoms with Gasteiger partial charge in [-0.3, -0.25) is 0 Å². The van der Waals surface area contributed by atoms with Crippen molar-refractivity contribution >= 4 is 0 Å². The highest BCUT2D eigenvalue weighted by atomic mass is 16.3. The van der Waals surface area contributed by atoms with Crippen LogP contribution in [-0.4, -0.2) is 5.11 Å². The largest absolute Gasteiger partial charge is 0.507 e. The van der Waals surface area contributed by atoms with E-state index in [0.717, 1.165) is 23.5 Å². The Labute approximate surface area is 85.8 Å². The van der Waals surface area contributed by atoms with Crippen LogP contribution < -0.4 is 0 Å². The lowest BCUT2D eigenvalue weighted by molar-refractivity contribution is 0.466. The normalized spacial score (nSPS) is 19.8. The maximum Gasteiger partial charge on any atom is 0.121 e. The van der Waals surface area contributed by atoms with Crippen molar-refractivity contribution in [2.45, 2.75) is 46.0 Å². The molecule has 1 unspecified atom stereocenters. The molecule has 0 spiro atoms. The summed E-state index contributed by atoms with van der Waals surface area (Å²) in [6.07, 6.45) is 3.62. The van der Waals surface area contributed by atoms with Crippen molar-refractivity contribution in [3.05, 3.63) is 28.3 Å². The fraction of sp³-hybridized carbons (Fsp3) is 0.538. The predicted octanol–water partition coefficient (Wildman–Crippen LogP) is 3.45. The van der Waals surface area contributed by atoms with Gasteiger partial charge in [-0.1, -0.05) is 13.0 Å². The highest BCUT2D eigenvalue weighted by Gasteiger charge is 2.24. The minimum atomic E-state index is 0.500. The molecule has 1 aromatic carbocycles. The Morgan fingerprint density at radius 3 is 2.79 bits per heavy atom. The Morgan fingerprint density at radius 2 is 2.14 bits per heavy atom. The van der Waals surface area contributed by atoms with Crippen molar-refractivity contribution in [3.63, 3.8) is 0 Å². The molecule has 0 amide bonds. The Hall–Kier alpha value is -0.980. The molecule has 1 aromatic rings. The molecular weight excluding hydrogens is 172 g/mol. The smallest absolute Gasteiger partial charge is 0.121 e. The van der Waals surface area contributed by atoms with Crippen molar-refractivity contribution in [1.82, 2.24) is 0 Å². The summed E-state index contributed by atoms with van der Waals surface area (Å²) in [5.41, 5.74) is 5.03. The minimum Gasteiger partial charge on any atom is -0.507 e. The lowest BCUT2D eigenvalue weighted by Gasteiger charge is -2.12. The Morgan fingerprint density at radius 1 is 1.43 bits per heavy atom. The first-order chi connectivity index (χ1) is 6.65. The van der Waals surface area contributed by atoms with Crippen LogP contribution in [0.3, 0.4) is 0 Å². The van der Waals surface area contributed by atoms with Gasteiger partial charge < -0.3 is 5.11 Å². The van der Waals surface area contributed by atoms with Crippen LogP contribution in [0.4, 0.5) is 0 Å². The average molecular weight is 190 g/mol. The van der Waals surface area contributed by atoms with Crippen LogP contribution in [0.5, 0.6) is 5.75 Å². The summed E-state index contributed by atoms with van der Waals surface area (Å²) >= 11 is 0. The molecule has 0 aromatic heterocycles. The number of phenolic OH excluding ortho intramolecular Hbond substituents is 1. The van der Waals surface area contributed by atoms with E-state index in [1.165, 1.54) is 24.0 Å². The van der Waals surface area contributed by atoms with Crippen LogP contribution in [0.15, 0.2) is 6.07 Å². The second-order valence-electron chi connectivity index (χ2n) is 4.38. The summed E-state index contributed by atoms with van der Waals surface area (Å²) in [7, 11) is 0. The summed E-state index contributed by atoms with van der Waals surface area (Å²) in [6, 6.07) is 2.18. The van der Waals surface area contributed by atoms with Gasteiger partial charge in [-0.25, -0.2) is 0 Å². The maximum absolute atomic E-state index is 9.83. The van der Waals surface area contributed by atoms with E-state index >= 15 is 0 Å². The second kappa shape index (κ2) is 3.30. The molecule has 1 nitrogen and oxygen atoms in total. The zero-order chi connectivity index (χ0) is 10.3. The number of rotatable bonds is 1. The predicted molar refractivity (Wildman–Crippen MR) is 58.9 cm³/mol. The van der Waals surface area contributed by atoms with Crippen LogP contribution in [0.25, 0.3) is 0 Å². The van der Waals surface area contributed by atoms with E-state index in [4.69, 9.17) is 0 Å². The second-order valence-corrected chi connectivity index (χ2v) is 4.38. The van der Waals surface area contributed by atoms with Gasteiger partial charge in [-0.15, -0.1) is 0 Å². The topological polar surface area (TPSA) is 20.2 Å². The lowest BCUT2D eigenvalue weighted by atomic mass is 9.94. The third-order valence-corrected chi connectivity index (χ3v) is 3.58. The number of hydrogen-bond donors (Lipinski definition) is 1. The number of aromatic hydroxyl groups is 1. The van der Waals surface area contributed by atoms with Gasteiger partial charge in [0.05, 0.1) is 0 Å². The van der Waals surface area contributed by atoms with Crippen molar-refractivity contribution in [1.29, 1.82) is 0 Å². The first kappa shape index (κ1) is 9.57. The SMILES string of the molecule is CCC1CCc2c1cc(C)c(O)c2C. The molecule has 76 valence electrons. The number of hydrogen-bond acceptors (Lipinski definition) is 1. The maximum atomic E-state index is 9.83. The van der Waals surface area contributed by atoms with E-state index in [0.29, 0.717) is 5.75 Å². The molecule has 2 rings (SSSR count). The zero-order valence-electron chi connectivity index (χ0n) is 9.22. The quantitative estimate of drug-likeness (QED) is 0.719. The fourth-order valence-corrected chi connectivity index (χ4v) is 2.64. The van der Waals surface area contributed by atoms with Gasteiger partial charge in [0.1, 0.15) is 5.75 Å².